The van der Waals surface area contributed by atoms with E-state index >= 15 is 0 Å². The number of carbonyl (C=O) groups is 4. The summed E-state index contributed by atoms with van der Waals surface area (Å²) < 4.78 is 44.8. The van der Waals surface area contributed by atoms with Gasteiger partial charge in [-0.15, -0.1) is 0 Å². The minimum absolute atomic E-state index is 0.232. The van der Waals surface area contributed by atoms with Crippen LogP contribution in [0.3, 0.4) is 0 Å². The Hall–Kier alpha value is -7.60. The maximum Gasteiger partial charge on any atom is 0.347 e. The highest BCUT2D eigenvalue weighted by atomic mass is 16.6. The first-order chi connectivity index (χ1) is 31.3. The van der Waals surface area contributed by atoms with Crippen molar-refractivity contribution in [1.82, 2.24) is 0 Å². The van der Waals surface area contributed by atoms with Crippen LogP contribution >= 0.6 is 0 Å². The van der Waals surface area contributed by atoms with Gasteiger partial charge in [0.1, 0.15) is 57.1 Å². The molecular formula is C53H52O12. The van der Waals surface area contributed by atoms with Gasteiger partial charge in [-0.3, -0.25) is 0 Å². The van der Waals surface area contributed by atoms with Crippen LogP contribution in [0.2, 0.25) is 0 Å². The summed E-state index contributed by atoms with van der Waals surface area (Å²) in [5, 5.41) is 0. The number of ether oxygens (including phenoxy) is 8. The normalized spacial score (nSPS) is 10.8. The maximum atomic E-state index is 13.1. The van der Waals surface area contributed by atoms with Crippen molar-refractivity contribution in [3.05, 3.63) is 155 Å². The zero-order chi connectivity index (χ0) is 46.5. The smallest absolute Gasteiger partial charge is 0.347 e. The average molecular weight is 881 g/mol. The molecule has 0 saturated heterocycles. The van der Waals surface area contributed by atoms with Crippen LogP contribution in [0.4, 0.5) is 0 Å². The van der Waals surface area contributed by atoms with Crippen molar-refractivity contribution in [2.24, 2.45) is 11.8 Å². The Balaban J connectivity index is 0.990. The first kappa shape index (κ1) is 46.9. The van der Waals surface area contributed by atoms with Gasteiger partial charge in [0.2, 0.25) is 0 Å². The second-order valence-electron chi connectivity index (χ2n) is 15.9. The van der Waals surface area contributed by atoms with Gasteiger partial charge in [-0.25, -0.2) is 19.2 Å². The molecule has 0 unspecified atom stereocenters. The number of hydrogen-bond acceptors (Lipinski definition) is 12. The number of rotatable bonds is 19. The van der Waals surface area contributed by atoms with Crippen molar-refractivity contribution in [3.8, 4) is 57.1 Å². The number of esters is 4. The van der Waals surface area contributed by atoms with E-state index in [1.807, 2.05) is 31.2 Å². The quantitative estimate of drug-likeness (QED) is 0.0564. The Morgan fingerprint density at radius 3 is 1.22 bits per heavy atom. The van der Waals surface area contributed by atoms with Crippen molar-refractivity contribution in [2.45, 2.75) is 47.5 Å². The summed E-state index contributed by atoms with van der Waals surface area (Å²) in [7, 11) is 2.94. The van der Waals surface area contributed by atoms with Gasteiger partial charge in [0.25, 0.3) is 0 Å². The second-order valence-corrected chi connectivity index (χ2v) is 15.9. The van der Waals surface area contributed by atoms with Crippen molar-refractivity contribution in [2.75, 3.05) is 27.4 Å². The SMILES string of the molecule is COc1cc(OCCC(C)C)ccc1C(=O)Oc1ccc(C(=O)Oc2ccc(-c3ccc(OC(=O)c4ccc(OC(=O)c5ccc(OCCC(C)C)cc5OC)cc4)c(C)c3)cc2)cc1. The third-order valence-corrected chi connectivity index (χ3v) is 10.1. The molecule has 0 atom stereocenters. The summed E-state index contributed by atoms with van der Waals surface area (Å²) in [4.78, 5) is 52.0. The summed E-state index contributed by atoms with van der Waals surface area (Å²) >= 11 is 0. The molecule has 0 aliphatic carbocycles. The molecule has 6 aromatic carbocycles. The van der Waals surface area contributed by atoms with Gasteiger partial charge < -0.3 is 37.9 Å². The minimum Gasteiger partial charge on any atom is -0.496 e. The zero-order valence-corrected chi connectivity index (χ0v) is 37.5. The largest absolute Gasteiger partial charge is 0.496 e. The number of hydrogen-bond donors (Lipinski definition) is 0. The number of methoxy groups -OCH3 is 2. The van der Waals surface area contributed by atoms with E-state index in [0.29, 0.717) is 59.5 Å². The Labute approximate surface area is 378 Å². The van der Waals surface area contributed by atoms with Crippen LogP contribution in [0.25, 0.3) is 11.1 Å². The minimum atomic E-state index is -0.621. The van der Waals surface area contributed by atoms with E-state index < -0.39 is 23.9 Å². The van der Waals surface area contributed by atoms with E-state index in [4.69, 9.17) is 37.9 Å². The molecule has 0 bridgehead atoms. The molecule has 0 aliphatic heterocycles. The maximum absolute atomic E-state index is 13.1. The molecule has 0 amide bonds. The molecule has 12 heteroatoms. The number of aryl methyl sites for hydroxylation is 1. The Kier molecular flexibility index (Phi) is 16.0. The van der Waals surface area contributed by atoms with Crippen molar-refractivity contribution in [3.63, 3.8) is 0 Å². The molecular weight excluding hydrogens is 829 g/mol. The van der Waals surface area contributed by atoms with Gasteiger partial charge >= 0.3 is 23.9 Å². The average Bonchev–Trinajstić information content (AvgIpc) is 3.30. The third kappa shape index (κ3) is 13.0. The molecule has 12 nitrogen and oxygen atoms in total. The summed E-state index contributed by atoms with van der Waals surface area (Å²) in [6.07, 6.45) is 1.80. The third-order valence-electron chi connectivity index (χ3n) is 10.1. The Morgan fingerprint density at radius 1 is 0.415 bits per heavy atom. The van der Waals surface area contributed by atoms with E-state index in [-0.39, 0.29) is 33.8 Å². The van der Waals surface area contributed by atoms with Gasteiger partial charge in [-0.05, 0) is 145 Å². The lowest BCUT2D eigenvalue weighted by Crippen LogP contribution is -2.12. The molecule has 65 heavy (non-hydrogen) atoms. The van der Waals surface area contributed by atoms with Crippen LogP contribution in [0.15, 0.2) is 127 Å². The number of benzene rings is 6. The van der Waals surface area contributed by atoms with Gasteiger partial charge in [0.15, 0.2) is 0 Å². The summed E-state index contributed by atoms with van der Waals surface area (Å²) in [6.45, 7) is 11.4. The fraction of sp³-hybridized carbons (Fsp3) is 0.245. The Bertz CT molecular complexity index is 2600. The summed E-state index contributed by atoms with van der Waals surface area (Å²) in [5.74, 6) is 1.61. The van der Waals surface area contributed by atoms with Crippen molar-refractivity contribution < 1.29 is 57.1 Å². The molecule has 6 rings (SSSR count). The lowest BCUT2D eigenvalue weighted by Gasteiger charge is -2.13. The fourth-order valence-corrected chi connectivity index (χ4v) is 6.31. The van der Waals surface area contributed by atoms with E-state index in [2.05, 4.69) is 27.7 Å². The van der Waals surface area contributed by atoms with Gasteiger partial charge in [-0.1, -0.05) is 45.9 Å². The Morgan fingerprint density at radius 2 is 0.800 bits per heavy atom. The lowest BCUT2D eigenvalue weighted by molar-refractivity contribution is 0.0717. The molecule has 6 aromatic rings. The van der Waals surface area contributed by atoms with Gasteiger partial charge in [-0.2, -0.15) is 0 Å². The molecule has 0 heterocycles. The highest BCUT2D eigenvalue weighted by Gasteiger charge is 2.19. The topological polar surface area (TPSA) is 142 Å². The lowest BCUT2D eigenvalue weighted by atomic mass is 10.0. The standard InChI is InChI=1S/C53H52O12/c1-33(2)26-28-60-43-21-23-45(48(31-43)58-6)52(56)63-41-17-10-37(11-18-41)50(54)62-40-15-8-36(9-16-40)39-14-25-47(35(5)30-39)65-51(55)38-12-19-42(20-13-38)64-53(57)46-24-22-44(32-49(46)59-7)61-29-27-34(3)4/h8-25,30-34H,26-29H2,1-7H3. The van der Waals surface area contributed by atoms with Crippen LogP contribution in [0, 0.1) is 18.8 Å². The second kappa shape index (κ2) is 22.2. The summed E-state index contributed by atoms with van der Waals surface area (Å²) in [5.41, 5.74) is 3.40. The highest BCUT2D eigenvalue weighted by Crippen LogP contribution is 2.31. The first-order valence-electron chi connectivity index (χ1n) is 21.2. The van der Waals surface area contributed by atoms with Crippen LogP contribution in [-0.4, -0.2) is 51.3 Å². The van der Waals surface area contributed by atoms with Crippen LogP contribution in [-0.2, 0) is 0 Å². The molecule has 336 valence electrons. The summed E-state index contributed by atoms with van der Waals surface area (Å²) in [6, 6.07) is 34.4. The molecule has 0 fully saturated rings. The molecule has 0 aromatic heterocycles. The molecule has 0 N–H and O–H groups in total. The van der Waals surface area contributed by atoms with Crippen molar-refractivity contribution in [1.29, 1.82) is 0 Å². The monoisotopic (exact) mass is 880 g/mol. The molecule has 0 saturated carbocycles. The van der Waals surface area contributed by atoms with Crippen LogP contribution in [0.1, 0.15) is 87.5 Å². The zero-order valence-electron chi connectivity index (χ0n) is 37.5. The predicted octanol–water partition coefficient (Wildman–Crippen LogP) is 11.4. The van der Waals surface area contributed by atoms with Crippen molar-refractivity contribution >= 4 is 23.9 Å². The van der Waals surface area contributed by atoms with Gasteiger partial charge in [0.05, 0.1) is 38.6 Å². The predicted molar refractivity (Wildman–Crippen MR) is 245 cm³/mol. The molecule has 0 aliphatic rings. The number of carbonyl (C=O) groups excluding carboxylic acids is 4. The molecule has 0 spiro atoms. The van der Waals surface area contributed by atoms with E-state index in [1.165, 1.54) is 62.8 Å². The van der Waals surface area contributed by atoms with Gasteiger partial charge in [0, 0.05) is 12.1 Å². The van der Waals surface area contributed by atoms with Crippen LogP contribution in [0.5, 0.6) is 46.0 Å². The van der Waals surface area contributed by atoms with E-state index in [1.54, 1.807) is 54.6 Å². The fourth-order valence-electron chi connectivity index (χ4n) is 6.31. The molecule has 0 radical (unpaired) electrons. The van der Waals surface area contributed by atoms with Crippen LogP contribution < -0.4 is 37.9 Å². The van der Waals surface area contributed by atoms with E-state index in [0.717, 1.165) is 29.5 Å². The first-order valence-corrected chi connectivity index (χ1v) is 21.2. The van der Waals surface area contributed by atoms with E-state index in [9.17, 15) is 19.2 Å². The highest BCUT2D eigenvalue weighted by molar-refractivity contribution is 5.96.